The van der Waals surface area contributed by atoms with Gasteiger partial charge in [0.1, 0.15) is 17.9 Å². The van der Waals surface area contributed by atoms with Crippen LogP contribution in [0, 0.1) is 6.92 Å². The zero-order valence-corrected chi connectivity index (χ0v) is 15.5. The first kappa shape index (κ1) is 18.2. The minimum Gasteiger partial charge on any atom is -0.368 e. The zero-order valence-electron chi connectivity index (χ0n) is 15.5. The number of H-pyrrole nitrogens is 1. The molecule has 1 aliphatic rings. The van der Waals surface area contributed by atoms with Crippen LogP contribution in [0.15, 0.2) is 41.1 Å². The lowest BCUT2D eigenvalue weighted by atomic mass is 10.0. The molecule has 0 bridgehead atoms. The van der Waals surface area contributed by atoms with E-state index in [-0.39, 0.29) is 11.8 Å². The number of fused-ring (bicyclic) bond motifs is 1. The summed E-state index contributed by atoms with van der Waals surface area (Å²) in [5.74, 6) is 0.281. The number of nitrogens with zero attached hydrogens (tertiary/aromatic N) is 1. The molecule has 4 rings (SSSR count). The fraction of sp³-hybridized carbons (Fsp3) is 0.350. The largest absolute Gasteiger partial charge is 0.368 e. The predicted molar refractivity (Wildman–Crippen MR) is 103 cm³/mol. The molecule has 3 heterocycles. The van der Waals surface area contributed by atoms with Gasteiger partial charge in [-0.2, -0.15) is 0 Å². The normalized spacial score (nSPS) is 17.5. The molecule has 0 radical (unpaired) electrons. The van der Waals surface area contributed by atoms with Crippen molar-refractivity contribution in [1.29, 1.82) is 0 Å². The second-order valence-electron chi connectivity index (χ2n) is 6.94. The molecule has 0 spiro atoms. The van der Waals surface area contributed by atoms with Crippen LogP contribution >= 0.6 is 0 Å². The number of anilines is 1. The molecule has 1 aromatic carbocycles. The van der Waals surface area contributed by atoms with E-state index in [1.54, 1.807) is 13.0 Å². The Balaban J connectivity index is 1.54. The van der Waals surface area contributed by atoms with Crippen LogP contribution in [-0.2, 0) is 20.7 Å². The molecule has 28 heavy (non-hydrogen) atoms. The predicted octanol–water partition coefficient (Wildman–Crippen LogP) is 2.31. The number of rotatable bonds is 6. The van der Waals surface area contributed by atoms with Crippen LogP contribution in [0.4, 0.5) is 5.82 Å². The number of aromatic amines is 1. The van der Waals surface area contributed by atoms with Gasteiger partial charge >= 0.3 is 0 Å². The van der Waals surface area contributed by atoms with Crippen molar-refractivity contribution in [2.75, 3.05) is 11.9 Å². The minimum absolute atomic E-state index is 0.270. The van der Waals surface area contributed by atoms with Gasteiger partial charge in [-0.05, 0) is 31.4 Å². The van der Waals surface area contributed by atoms with Gasteiger partial charge in [0.15, 0.2) is 5.82 Å². The summed E-state index contributed by atoms with van der Waals surface area (Å²) in [5, 5.41) is 10.4. The van der Waals surface area contributed by atoms with Crippen molar-refractivity contribution >= 4 is 28.5 Å². The molecular weight excluding hydrogens is 360 g/mol. The van der Waals surface area contributed by atoms with E-state index in [0.29, 0.717) is 31.0 Å². The van der Waals surface area contributed by atoms with Gasteiger partial charge in [0.05, 0.1) is 0 Å². The summed E-state index contributed by atoms with van der Waals surface area (Å²) >= 11 is 0. The van der Waals surface area contributed by atoms with Crippen molar-refractivity contribution < 1.29 is 18.8 Å². The molecule has 3 aromatic rings. The Morgan fingerprint density at radius 1 is 1.36 bits per heavy atom. The molecule has 8 nitrogen and oxygen atoms in total. The molecule has 8 heteroatoms. The Hall–Kier alpha value is -3.13. The maximum atomic E-state index is 12.9. The molecule has 0 aliphatic carbocycles. The average molecular weight is 382 g/mol. The standard InChI is InChI=1S/C20H22N4O4/c1-12-9-18(24-28-12)23-19(25)16(22-20(26)17-7-4-8-27-17)10-13-11-21-15-6-3-2-5-14(13)15/h2-3,5-6,9,11,16-17,21H,4,7-8,10H2,1H3,(H,22,26)(H,23,24,25)/t16-,17?/m1/s1. The quantitative estimate of drug-likeness (QED) is 0.606. The highest BCUT2D eigenvalue weighted by atomic mass is 16.5. The average Bonchev–Trinajstić information content (AvgIpc) is 3.43. The molecule has 1 fully saturated rings. The van der Waals surface area contributed by atoms with Crippen molar-refractivity contribution in [2.24, 2.45) is 0 Å². The number of benzene rings is 1. The lowest BCUT2D eigenvalue weighted by molar-refractivity contribution is -0.133. The van der Waals surface area contributed by atoms with Crippen LogP contribution < -0.4 is 10.6 Å². The smallest absolute Gasteiger partial charge is 0.249 e. The van der Waals surface area contributed by atoms with Crippen LogP contribution in [0.25, 0.3) is 10.9 Å². The van der Waals surface area contributed by atoms with Crippen molar-refractivity contribution in [2.45, 2.75) is 38.3 Å². The van der Waals surface area contributed by atoms with Crippen molar-refractivity contribution in [3.63, 3.8) is 0 Å². The van der Waals surface area contributed by atoms with E-state index < -0.39 is 12.1 Å². The first-order valence-corrected chi connectivity index (χ1v) is 9.31. The van der Waals surface area contributed by atoms with Crippen molar-refractivity contribution in [3.8, 4) is 0 Å². The highest BCUT2D eigenvalue weighted by Crippen LogP contribution is 2.20. The number of nitrogens with one attached hydrogen (secondary N) is 3. The number of ether oxygens (including phenoxy) is 1. The van der Waals surface area contributed by atoms with Crippen LogP contribution in [-0.4, -0.2) is 40.7 Å². The van der Waals surface area contributed by atoms with E-state index in [9.17, 15) is 9.59 Å². The Morgan fingerprint density at radius 2 is 2.21 bits per heavy atom. The first-order valence-electron chi connectivity index (χ1n) is 9.31. The monoisotopic (exact) mass is 382 g/mol. The van der Waals surface area contributed by atoms with Crippen LogP contribution in [0.2, 0.25) is 0 Å². The molecule has 1 saturated heterocycles. The zero-order chi connectivity index (χ0) is 19.5. The fourth-order valence-corrected chi connectivity index (χ4v) is 3.42. The highest BCUT2D eigenvalue weighted by molar-refractivity contribution is 5.98. The molecule has 2 aromatic heterocycles. The summed E-state index contributed by atoms with van der Waals surface area (Å²) in [6.45, 7) is 2.31. The molecule has 146 valence electrons. The Kier molecular flexibility index (Phi) is 5.12. The molecule has 1 aliphatic heterocycles. The summed E-state index contributed by atoms with van der Waals surface area (Å²) < 4.78 is 10.4. The summed E-state index contributed by atoms with van der Waals surface area (Å²) in [4.78, 5) is 28.6. The van der Waals surface area contributed by atoms with Crippen molar-refractivity contribution in [1.82, 2.24) is 15.5 Å². The molecule has 1 unspecified atom stereocenters. The van der Waals surface area contributed by atoms with Gasteiger partial charge in [0.2, 0.25) is 11.8 Å². The Bertz CT molecular complexity index is 987. The molecule has 3 N–H and O–H groups in total. The van der Waals surface area contributed by atoms with Gasteiger partial charge in [-0.1, -0.05) is 23.4 Å². The minimum atomic E-state index is -0.770. The molecular formula is C20H22N4O4. The molecule has 2 amide bonds. The number of carbonyl (C=O) groups excluding carboxylic acids is 2. The van der Waals surface area contributed by atoms with E-state index in [1.807, 2.05) is 30.5 Å². The number of carbonyl (C=O) groups is 2. The van der Waals surface area contributed by atoms with Gasteiger partial charge < -0.3 is 24.9 Å². The molecule has 0 saturated carbocycles. The van der Waals surface area contributed by atoms with E-state index in [2.05, 4.69) is 20.8 Å². The van der Waals surface area contributed by atoms with Gasteiger partial charge in [-0.25, -0.2) is 0 Å². The van der Waals surface area contributed by atoms with E-state index >= 15 is 0 Å². The Labute approximate surface area is 161 Å². The maximum Gasteiger partial charge on any atom is 0.249 e. The van der Waals surface area contributed by atoms with Crippen LogP contribution in [0.1, 0.15) is 24.2 Å². The summed E-state index contributed by atoms with van der Waals surface area (Å²) in [5.41, 5.74) is 1.92. The van der Waals surface area contributed by atoms with Gasteiger partial charge in [-0.3, -0.25) is 9.59 Å². The number of para-hydroxylation sites is 1. The van der Waals surface area contributed by atoms with Gasteiger partial charge in [0, 0.05) is 36.2 Å². The van der Waals surface area contributed by atoms with Crippen LogP contribution in [0.5, 0.6) is 0 Å². The first-order chi connectivity index (χ1) is 13.6. The van der Waals surface area contributed by atoms with Gasteiger partial charge in [-0.15, -0.1) is 0 Å². The second-order valence-corrected chi connectivity index (χ2v) is 6.94. The molecule has 2 atom stereocenters. The van der Waals surface area contributed by atoms with E-state index in [1.165, 1.54) is 0 Å². The topological polar surface area (TPSA) is 109 Å². The Morgan fingerprint density at radius 3 is 2.96 bits per heavy atom. The summed E-state index contributed by atoms with van der Waals surface area (Å²) in [6.07, 6.45) is 3.20. The van der Waals surface area contributed by atoms with Gasteiger partial charge in [0.25, 0.3) is 0 Å². The SMILES string of the molecule is Cc1cc(NC(=O)[C@@H](Cc2c[nH]c3ccccc23)NC(=O)C2CCCO2)no1. The maximum absolute atomic E-state index is 12.9. The van der Waals surface area contributed by atoms with E-state index in [0.717, 1.165) is 22.9 Å². The third-order valence-corrected chi connectivity index (χ3v) is 4.83. The summed E-state index contributed by atoms with van der Waals surface area (Å²) in [7, 11) is 0. The number of hydrogen-bond donors (Lipinski definition) is 3. The number of aromatic nitrogens is 2. The van der Waals surface area contributed by atoms with E-state index in [4.69, 9.17) is 9.26 Å². The lowest BCUT2D eigenvalue weighted by Gasteiger charge is -2.19. The number of hydrogen-bond acceptors (Lipinski definition) is 5. The number of amides is 2. The van der Waals surface area contributed by atoms with Crippen LogP contribution in [0.3, 0.4) is 0 Å². The summed E-state index contributed by atoms with van der Waals surface area (Å²) in [6, 6.07) is 8.70. The third-order valence-electron chi connectivity index (χ3n) is 4.83. The highest BCUT2D eigenvalue weighted by Gasteiger charge is 2.29. The fourth-order valence-electron chi connectivity index (χ4n) is 3.42. The number of aryl methyl sites for hydroxylation is 1. The third kappa shape index (κ3) is 3.91. The van der Waals surface area contributed by atoms with Crippen molar-refractivity contribution in [3.05, 3.63) is 47.9 Å². The lowest BCUT2D eigenvalue weighted by Crippen LogP contribution is -2.48. The second kappa shape index (κ2) is 7.85.